The molecule has 1 aliphatic heterocycles. The highest BCUT2D eigenvalue weighted by molar-refractivity contribution is 7.99. The molecule has 0 aliphatic carbocycles. The number of likely N-dealkylation sites (tertiary alicyclic amines) is 1. The van der Waals surface area contributed by atoms with Gasteiger partial charge < -0.3 is 35.6 Å². The van der Waals surface area contributed by atoms with Gasteiger partial charge in [-0.15, -0.1) is 0 Å². The van der Waals surface area contributed by atoms with Crippen LogP contribution in [0.25, 0.3) is 0 Å². The zero-order valence-electron chi connectivity index (χ0n) is 51.9. The highest BCUT2D eigenvalue weighted by atomic mass is 32.2. The molecule has 1 fully saturated rings. The van der Waals surface area contributed by atoms with Crippen LogP contribution >= 0.6 is 11.8 Å². The number of carboxylic acids is 1. The molecule has 0 spiro atoms. The third-order valence-electron chi connectivity index (χ3n) is 16.4. The number of aliphatic carboxylic acids is 1. The van der Waals surface area contributed by atoms with Crippen molar-refractivity contribution in [3.05, 3.63) is 0 Å². The first-order chi connectivity index (χ1) is 38.9. The summed E-state index contributed by atoms with van der Waals surface area (Å²) >= 11 is 1.27. The van der Waals surface area contributed by atoms with Crippen LogP contribution in [-0.2, 0) is 38.2 Å². The van der Waals surface area contributed by atoms with Crippen LogP contribution in [0, 0.1) is 11.8 Å². The predicted molar refractivity (Wildman–Crippen MR) is 331 cm³/mol. The molecule has 1 heterocycles. The maximum atomic E-state index is 14.3. The summed E-state index contributed by atoms with van der Waals surface area (Å²) < 4.78 is 11.5. The number of hydrogen-bond donors (Lipinski definition) is 4. The molecule has 0 bridgehead atoms. The molecule has 1 rings (SSSR count). The fraction of sp³-hybridized carbons (Fsp3) is 0.909. The molecule has 6 atom stereocenters. The van der Waals surface area contributed by atoms with Crippen molar-refractivity contribution in [2.75, 3.05) is 31.3 Å². The Morgan fingerprint density at radius 1 is 0.537 bits per heavy atom. The van der Waals surface area contributed by atoms with E-state index in [-0.39, 0.29) is 68.2 Å². The average molecular weight is 1150 g/mol. The first-order valence-electron chi connectivity index (χ1n) is 33.6. The van der Waals surface area contributed by atoms with E-state index in [4.69, 9.17) is 15.2 Å². The van der Waals surface area contributed by atoms with Crippen molar-refractivity contribution in [1.82, 2.24) is 10.2 Å². The zero-order chi connectivity index (χ0) is 58.7. The Bertz CT molecular complexity index is 1550. The number of ether oxygens (including phenoxy) is 2. The molecule has 13 nitrogen and oxygen atoms in total. The molecule has 1 saturated heterocycles. The smallest absolute Gasteiger partial charge is 0.308 e. The molecule has 0 saturated carbocycles. The quantitative estimate of drug-likeness (QED) is 0.0332. The van der Waals surface area contributed by atoms with Gasteiger partial charge in [-0.3, -0.25) is 28.8 Å². The van der Waals surface area contributed by atoms with Crippen LogP contribution in [0.2, 0.25) is 0 Å². The molecule has 0 aromatic rings. The van der Waals surface area contributed by atoms with Gasteiger partial charge in [-0.25, -0.2) is 0 Å². The molecular weight excluding hydrogens is 1030 g/mol. The van der Waals surface area contributed by atoms with E-state index < -0.39 is 60.3 Å². The van der Waals surface area contributed by atoms with E-state index >= 15 is 0 Å². The minimum atomic E-state index is -1.35. The van der Waals surface area contributed by atoms with Crippen molar-refractivity contribution < 1.29 is 48.5 Å². The number of Topliss-reactive ketones (excluding diaryl/α,β-unsaturated/α-hetero) is 1. The number of nitrogens with two attached hydrogens (primary N) is 1. The fourth-order valence-electron chi connectivity index (χ4n) is 11.4. The molecule has 0 aromatic heterocycles. The van der Waals surface area contributed by atoms with Gasteiger partial charge in [-0.1, -0.05) is 265 Å². The minimum absolute atomic E-state index is 0.0849. The van der Waals surface area contributed by atoms with Gasteiger partial charge in [0.1, 0.15) is 18.8 Å². The van der Waals surface area contributed by atoms with E-state index in [1.165, 1.54) is 192 Å². The molecule has 1 aliphatic rings. The van der Waals surface area contributed by atoms with Gasteiger partial charge >= 0.3 is 17.9 Å². The van der Waals surface area contributed by atoms with Gasteiger partial charge in [0.25, 0.3) is 0 Å². The van der Waals surface area contributed by atoms with E-state index in [1.54, 1.807) is 4.90 Å². The molecular formula is C66H123N3O10S. The SMILES string of the molecule is CCCCCCCCCCCCCCCC(=O)OCC(CSC[C@H](N)C(=O)N[C@@H](CO)C(=O)C(CCC)[C@@H]1C(C(=O)O)CCN1C(=O)CCCCCCCCCCCCCCC)OC(=O)CCCCCCCCCCCCCCC. The monoisotopic (exact) mass is 1150 g/mol. The Labute approximate surface area is 493 Å². The maximum Gasteiger partial charge on any atom is 0.308 e. The van der Waals surface area contributed by atoms with Crippen LogP contribution < -0.4 is 11.1 Å². The normalized spacial score (nSPS) is 15.8. The Morgan fingerprint density at radius 3 is 1.31 bits per heavy atom. The first kappa shape index (κ1) is 75.3. The number of nitrogens with one attached hydrogen (secondary N) is 1. The Balaban J connectivity index is 2.77. The summed E-state index contributed by atoms with van der Waals surface area (Å²) in [5, 5.41) is 23.5. The second kappa shape index (κ2) is 53.0. The summed E-state index contributed by atoms with van der Waals surface area (Å²) in [6.07, 6.45) is 47.9. The zero-order valence-corrected chi connectivity index (χ0v) is 52.7. The summed E-state index contributed by atoms with van der Waals surface area (Å²) in [4.78, 5) is 81.8. The minimum Gasteiger partial charge on any atom is -0.481 e. The highest BCUT2D eigenvalue weighted by Gasteiger charge is 2.48. The largest absolute Gasteiger partial charge is 0.481 e. The van der Waals surface area contributed by atoms with E-state index in [1.807, 2.05) is 6.92 Å². The number of nitrogens with zero attached hydrogens (tertiary/aromatic N) is 1. The lowest BCUT2D eigenvalue weighted by molar-refractivity contribution is -0.157. The predicted octanol–water partition coefficient (Wildman–Crippen LogP) is 15.7. The van der Waals surface area contributed by atoms with Crippen molar-refractivity contribution in [2.24, 2.45) is 17.6 Å². The van der Waals surface area contributed by atoms with E-state index in [2.05, 4.69) is 26.1 Å². The number of hydrogen-bond acceptors (Lipinski definition) is 11. The Hall–Kier alpha value is -2.71. The molecule has 80 heavy (non-hydrogen) atoms. The number of carbonyl (C=O) groups excluding carboxylic acids is 5. The third-order valence-corrected chi connectivity index (χ3v) is 17.6. The average Bonchev–Trinajstić information content (AvgIpc) is 3.91. The maximum absolute atomic E-state index is 14.3. The fourth-order valence-corrected chi connectivity index (χ4v) is 12.4. The molecule has 0 aromatic carbocycles. The number of carboxylic acid groups (broad SMARTS) is 1. The van der Waals surface area contributed by atoms with Gasteiger partial charge in [0.15, 0.2) is 5.78 Å². The van der Waals surface area contributed by atoms with Crippen LogP contribution in [0.15, 0.2) is 0 Å². The lowest BCUT2D eigenvalue weighted by atomic mass is 9.81. The molecule has 5 N–H and O–H groups in total. The van der Waals surface area contributed by atoms with Gasteiger partial charge in [-0.05, 0) is 32.1 Å². The van der Waals surface area contributed by atoms with E-state index in [9.17, 15) is 39.0 Å². The molecule has 3 unspecified atom stereocenters. The molecule has 14 heteroatoms. The standard InChI is InChI=1S/C66H123N3O10S/c1-5-9-12-15-18-21-24-27-30-33-36-39-42-46-60(71)69-50-49-57(66(76)77)63(69)56(45-8-4)64(74)59(51-70)68-65(75)58(67)54-80-53-55(79-62(73)48-44-41-38-35-32-29-26-23-20-17-14-11-7-3)52-78-61(72)47-43-40-37-34-31-28-25-22-19-16-13-10-6-2/h55-59,63,70H,5-54,67H2,1-4H3,(H,68,75)(H,76,77)/t55?,56?,57?,58-,59-,63+/m0/s1. The van der Waals surface area contributed by atoms with Gasteiger partial charge in [-0.2, -0.15) is 11.8 Å². The van der Waals surface area contributed by atoms with Gasteiger partial charge in [0.2, 0.25) is 11.8 Å². The Morgan fingerprint density at radius 2 is 0.925 bits per heavy atom. The summed E-state index contributed by atoms with van der Waals surface area (Å²) in [5.41, 5.74) is 6.39. The molecule has 2 amide bonds. The highest BCUT2D eigenvalue weighted by Crippen LogP contribution is 2.35. The lowest BCUT2D eigenvalue weighted by Crippen LogP contribution is -2.55. The summed E-state index contributed by atoms with van der Waals surface area (Å²) in [5.74, 6) is -4.66. The van der Waals surface area contributed by atoms with Crippen molar-refractivity contribution in [2.45, 2.75) is 341 Å². The van der Waals surface area contributed by atoms with Gasteiger partial charge in [0, 0.05) is 43.2 Å². The van der Waals surface area contributed by atoms with Crippen LogP contribution in [0.1, 0.15) is 317 Å². The van der Waals surface area contributed by atoms with Crippen LogP contribution in [0.3, 0.4) is 0 Å². The van der Waals surface area contributed by atoms with Crippen LogP contribution in [-0.4, -0.2) is 106 Å². The van der Waals surface area contributed by atoms with Crippen molar-refractivity contribution >= 4 is 47.3 Å². The second-order valence-electron chi connectivity index (χ2n) is 23.8. The number of carbonyl (C=O) groups is 6. The van der Waals surface area contributed by atoms with Crippen molar-refractivity contribution in [3.63, 3.8) is 0 Å². The van der Waals surface area contributed by atoms with Crippen molar-refractivity contribution in [3.8, 4) is 0 Å². The topological polar surface area (TPSA) is 203 Å². The Kier molecular flexibility index (Phi) is 49.9. The first-order valence-corrected chi connectivity index (χ1v) is 34.8. The number of unbranched alkanes of at least 4 members (excludes halogenated alkanes) is 36. The number of esters is 2. The number of aliphatic hydroxyl groups is 1. The number of rotatable bonds is 58. The number of aliphatic hydroxyl groups excluding tert-OH is 1. The van der Waals surface area contributed by atoms with Gasteiger partial charge in [0.05, 0.1) is 24.6 Å². The van der Waals surface area contributed by atoms with Crippen LogP contribution in [0.4, 0.5) is 0 Å². The molecule has 0 radical (unpaired) electrons. The third kappa shape index (κ3) is 38.9. The summed E-state index contributed by atoms with van der Waals surface area (Å²) in [7, 11) is 0. The van der Waals surface area contributed by atoms with Crippen molar-refractivity contribution in [1.29, 1.82) is 0 Å². The van der Waals surface area contributed by atoms with Crippen LogP contribution in [0.5, 0.6) is 0 Å². The number of amides is 2. The summed E-state index contributed by atoms with van der Waals surface area (Å²) in [6, 6.07) is -3.35. The van der Waals surface area contributed by atoms with E-state index in [0.29, 0.717) is 19.3 Å². The second-order valence-corrected chi connectivity index (χ2v) is 24.8. The lowest BCUT2D eigenvalue weighted by Gasteiger charge is -2.35. The number of thioether (sulfide) groups is 1. The molecule has 468 valence electrons. The number of ketones is 1. The van der Waals surface area contributed by atoms with E-state index in [0.717, 1.165) is 64.2 Å². The summed E-state index contributed by atoms with van der Waals surface area (Å²) in [6.45, 7) is 8.03.